The number of hydrogen-bond donors (Lipinski definition) is 2. The van der Waals surface area contributed by atoms with Crippen molar-refractivity contribution in [2.24, 2.45) is 5.10 Å². The molecule has 0 saturated carbocycles. The van der Waals surface area contributed by atoms with Crippen LogP contribution in [-0.2, 0) is 0 Å². The van der Waals surface area contributed by atoms with Crippen molar-refractivity contribution in [2.75, 3.05) is 0 Å². The standard InChI is InChI=1S/C24H19N3O2S/c1-16-10-12-19(13-11-16)30-24-18(14-17-6-2-4-8-21(17)26-24)15-25-27-23(29)20-7-3-5-9-22(20)28/h2-15,28H,1H3,(H,27,29)/b25-15+. The van der Waals surface area contributed by atoms with Crippen LogP contribution in [0.5, 0.6) is 5.75 Å². The van der Waals surface area contributed by atoms with E-state index in [1.807, 2.05) is 37.3 Å². The Morgan fingerprint density at radius 2 is 1.77 bits per heavy atom. The molecule has 0 aliphatic heterocycles. The van der Waals surface area contributed by atoms with Crippen LogP contribution in [0.25, 0.3) is 10.9 Å². The number of amides is 1. The number of para-hydroxylation sites is 2. The molecule has 1 heterocycles. The average Bonchev–Trinajstić information content (AvgIpc) is 2.76. The van der Waals surface area contributed by atoms with E-state index in [2.05, 4.69) is 34.8 Å². The maximum atomic E-state index is 12.3. The van der Waals surface area contributed by atoms with E-state index in [0.717, 1.165) is 26.4 Å². The van der Waals surface area contributed by atoms with Gasteiger partial charge in [0.15, 0.2) is 0 Å². The van der Waals surface area contributed by atoms with Crippen LogP contribution in [0.3, 0.4) is 0 Å². The van der Waals surface area contributed by atoms with Crippen LogP contribution in [0, 0.1) is 6.92 Å². The van der Waals surface area contributed by atoms with E-state index in [0.29, 0.717) is 0 Å². The van der Waals surface area contributed by atoms with E-state index < -0.39 is 5.91 Å². The molecule has 5 nitrogen and oxygen atoms in total. The van der Waals surface area contributed by atoms with Gasteiger partial charge in [0.05, 0.1) is 17.3 Å². The minimum Gasteiger partial charge on any atom is -0.507 e. The Kier molecular flexibility index (Phi) is 5.77. The first-order valence-corrected chi connectivity index (χ1v) is 10.2. The molecule has 3 aromatic carbocycles. The first-order valence-electron chi connectivity index (χ1n) is 9.36. The minimum absolute atomic E-state index is 0.0896. The van der Waals surface area contributed by atoms with Crippen molar-refractivity contribution in [1.82, 2.24) is 10.4 Å². The highest BCUT2D eigenvalue weighted by atomic mass is 32.2. The van der Waals surface area contributed by atoms with Crippen LogP contribution >= 0.6 is 11.8 Å². The number of benzene rings is 3. The summed E-state index contributed by atoms with van der Waals surface area (Å²) < 4.78 is 0. The normalized spacial score (nSPS) is 11.1. The summed E-state index contributed by atoms with van der Waals surface area (Å²) in [5.41, 5.74) is 5.51. The predicted molar refractivity (Wildman–Crippen MR) is 120 cm³/mol. The Morgan fingerprint density at radius 1 is 1.03 bits per heavy atom. The molecular formula is C24H19N3O2S. The molecule has 0 aliphatic carbocycles. The highest BCUT2D eigenvalue weighted by molar-refractivity contribution is 7.99. The summed E-state index contributed by atoms with van der Waals surface area (Å²) >= 11 is 1.54. The maximum absolute atomic E-state index is 12.3. The molecule has 4 rings (SSSR count). The van der Waals surface area contributed by atoms with Gasteiger partial charge >= 0.3 is 0 Å². The molecule has 0 fully saturated rings. The summed E-state index contributed by atoms with van der Waals surface area (Å²) in [4.78, 5) is 18.1. The zero-order chi connectivity index (χ0) is 20.9. The lowest BCUT2D eigenvalue weighted by Crippen LogP contribution is -2.17. The Balaban J connectivity index is 1.62. The summed E-state index contributed by atoms with van der Waals surface area (Å²) in [7, 11) is 0. The van der Waals surface area contributed by atoms with E-state index in [-0.39, 0.29) is 11.3 Å². The number of aryl methyl sites for hydroxylation is 1. The van der Waals surface area contributed by atoms with E-state index in [1.54, 1.807) is 30.1 Å². The lowest BCUT2D eigenvalue weighted by atomic mass is 10.2. The molecule has 4 aromatic rings. The molecular weight excluding hydrogens is 394 g/mol. The molecule has 0 aliphatic rings. The third kappa shape index (κ3) is 4.50. The van der Waals surface area contributed by atoms with Gasteiger partial charge in [-0.05, 0) is 43.3 Å². The first kappa shape index (κ1) is 19.7. The van der Waals surface area contributed by atoms with E-state index in [4.69, 9.17) is 4.98 Å². The number of rotatable bonds is 5. The third-order valence-electron chi connectivity index (χ3n) is 4.47. The second-order valence-corrected chi connectivity index (χ2v) is 7.77. The number of pyridine rings is 1. The molecule has 1 aromatic heterocycles. The van der Waals surface area contributed by atoms with Crippen molar-refractivity contribution in [1.29, 1.82) is 0 Å². The van der Waals surface area contributed by atoms with Gasteiger partial charge < -0.3 is 5.11 Å². The van der Waals surface area contributed by atoms with Crippen molar-refractivity contribution in [3.63, 3.8) is 0 Å². The Hall–Kier alpha value is -3.64. The van der Waals surface area contributed by atoms with Crippen LogP contribution in [0.1, 0.15) is 21.5 Å². The molecule has 0 spiro atoms. The van der Waals surface area contributed by atoms with Crippen molar-refractivity contribution < 1.29 is 9.90 Å². The molecule has 30 heavy (non-hydrogen) atoms. The van der Waals surface area contributed by atoms with Crippen LogP contribution in [0.2, 0.25) is 0 Å². The number of nitrogens with zero attached hydrogens (tertiary/aromatic N) is 2. The number of carbonyl (C=O) groups excluding carboxylic acids is 1. The molecule has 0 bridgehead atoms. The second kappa shape index (κ2) is 8.80. The SMILES string of the molecule is Cc1ccc(Sc2nc3ccccc3cc2/C=N/NC(=O)c2ccccc2O)cc1. The van der Waals surface area contributed by atoms with E-state index in [9.17, 15) is 9.90 Å². The zero-order valence-corrected chi connectivity index (χ0v) is 17.1. The molecule has 0 radical (unpaired) electrons. The first-order chi connectivity index (χ1) is 14.6. The zero-order valence-electron chi connectivity index (χ0n) is 16.2. The van der Waals surface area contributed by atoms with Crippen molar-refractivity contribution in [2.45, 2.75) is 16.8 Å². The number of phenolic OH excluding ortho intramolecular Hbond substituents is 1. The van der Waals surface area contributed by atoms with Gasteiger partial charge in [-0.25, -0.2) is 10.4 Å². The fourth-order valence-corrected chi connectivity index (χ4v) is 3.76. The summed E-state index contributed by atoms with van der Waals surface area (Å²) in [6, 6.07) is 24.4. The monoisotopic (exact) mass is 413 g/mol. The Labute approximate surface area is 178 Å². The van der Waals surface area contributed by atoms with Gasteiger partial charge in [0, 0.05) is 15.8 Å². The summed E-state index contributed by atoms with van der Waals surface area (Å²) in [5, 5.41) is 15.7. The molecule has 2 N–H and O–H groups in total. The third-order valence-corrected chi connectivity index (χ3v) is 5.50. The topological polar surface area (TPSA) is 74.6 Å². The minimum atomic E-state index is -0.481. The quantitative estimate of drug-likeness (QED) is 0.350. The number of carbonyl (C=O) groups is 1. The van der Waals surface area contributed by atoms with Gasteiger partial charge in [-0.3, -0.25) is 4.79 Å². The van der Waals surface area contributed by atoms with E-state index in [1.165, 1.54) is 17.7 Å². The van der Waals surface area contributed by atoms with Gasteiger partial charge in [-0.2, -0.15) is 5.10 Å². The highest BCUT2D eigenvalue weighted by Gasteiger charge is 2.10. The highest BCUT2D eigenvalue weighted by Crippen LogP contribution is 2.30. The van der Waals surface area contributed by atoms with Crippen LogP contribution in [0.4, 0.5) is 0 Å². The van der Waals surface area contributed by atoms with Crippen molar-refractivity contribution in [3.8, 4) is 5.75 Å². The smallest absolute Gasteiger partial charge is 0.275 e. The maximum Gasteiger partial charge on any atom is 0.275 e. The number of aromatic hydroxyl groups is 1. The second-order valence-electron chi connectivity index (χ2n) is 6.71. The number of nitrogens with one attached hydrogen (secondary N) is 1. The Bertz CT molecular complexity index is 1240. The van der Waals surface area contributed by atoms with Gasteiger partial charge in [-0.1, -0.05) is 59.8 Å². The largest absolute Gasteiger partial charge is 0.507 e. The van der Waals surface area contributed by atoms with Crippen molar-refractivity contribution >= 4 is 34.8 Å². The number of hydrazone groups is 1. The predicted octanol–water partition coefficient (Wildman–Crippen LogP) is 5.16. The van der Waals surface area contributed by atoms with Crippen LogP contribution in [-0.4, -0.2) is 22.2 Å². The van der Waals surface area contributed by atoms with Gasteiger partial charge in [0.25, 0.3) is 5.91 Å². The molecule has 0 atom stereocenters. The van der Waals surface area contributed by atoms with Gasteiger partial charge in [0.2, 0.25) is 0 Å². The van der Waals surface area contributed by atoms with Crippen LogP contribution in [0.15, 0.2) is 93.9 Å². The number of phenols is 1. The van der Waals surface area contributed by atoms with Gasteiger partial charge in [-0.15, -0.1) is 0 Å². The molecule has 1 amide bonds. The molecule has 0 saturated heterocycles. The molecule has 6 heteroatoms. The fourth-order valence-electron chi connectivity index (χ4n) is 2.89. The number of aromatic nitrogens is 1. The fraction of sp³-hybridized carbons (Fsp3) is 0.0417. The van der Waals surface area contributed by atoms with E-state index >= 15 is 0 Å². The number of fused-ring (bicyclic) bond motifs is 1. The van der Waals surface area contributed by atoms with Gasteiger partial charge in [0.1, 0.15) is 10.8 Å². The molecule has 148 valence electrons. The van der Waals surface area contributed by atoms with Crippen molar-refractivity contribution in [3.05, 3.63) is 95.6 Å². The van der Waals surface area contributed by atoms with Crippen LogP contribution < -0.4 is 5.43 Å². The average molecular weight is 414 g/mol. The lowest BCUT2D eigenvalue weighted by molar-refractivity contribution is 0.0952. The number of hydrogen-bond acceptors (Lipinski definition) is 5. The lowest BCUT2D eigenvalue weighted by Gasteiger charge is -2.08. The molecule has 0 unspecified atom stereocenters. The Morgan fingerprint density at radius 3 is 2.57 bits per heavy atom. The summed E-state index contributed by atoms with van der Waals surface area (Å²) in [6.45, 7) is 2.05. The summed E-state index contributed by atoms with van der Waals surface area (Å²) in [6.07, 6.45) is 1.58. The summed E-state index contributed by atoms with van der Waals surface area (Å²) in [5.74, 6) is -0.570.